The van der Waals surface area contributed by atoms with Crippen molar-refractivity contribution >= 4 is 26.7 Å². The van der Waals surface area contributed by atoms with Crippen molar-refractivity contribution in [2.45, 2.75) is 35.4 Å². The first-order chi connectivity index (χ1) is 12.3. The number of amides is 1. The smallest absolute Gasteiger partial charge is 0.243 e. The topological polar surface area (TPSA) is 74.8 Å². The van der Waals surface area contributed by atoms with Gasteiger partial charge in [-0.2, -0.15) is 4.31 Å². The lowest BCUT2D eigenvalue weighted by molar-refractivity contribution is -0.131. The maximum atomic E-state index is 13.1. The second-order valence-electron chi connectivity index (χ2n) is 7.24. The van der Waals surface area contributed by atoms with E-state index < -0.39 is 31.5 Å². The molecule has 1 spiro atoms. The third-order valence-corrected chi connectivity index (χ3v) is 9.46. The van der Waals surface area contributed by atoms with Crippen molar-refractivity contribution in [1.82, 2.24) is 9.21 Å². The number of hydrogen-bond acceptors (Lipinski definition) is 4. The maximum absolute atomic E-state index is 13.1. The van der Waals surface area contributed by atoms with E-state index in [-0.39, 0.29) is 29.6 Å². The number of nitrogens with zero attached hydrogens (tertiary/aromatic N) is 2. The summed E-state index contributed by atoms with van der Waals surface area (Å²) in [6.45, 7) is 1.05. The van der Waals surface area contributed by atoms with E-state index in [4.69, 9.17) is 0 Å². The number of carbonyl (C=O) groups is 1. The molecule has 6 nitrogen and oxygen atoms in total. The quantitative estimate of drug-likeness (QED) is 0.764. The SMILES string of the molecule is O=C1CS(=O)C2(CCN(S(=O)(=O)c3ccc(F)cc3)CC2)N1CC1CC1. The van der Waals surface area contributed by atoms with Gasteiger partial charge in [-0.1, -0.05) is 0 Å². The Bertz CT molecular complexity index is 844. The standard InChI is InChI=1S/C17H21FN2O4S2/c18-14-3-5-15(6-4-14)26(23,24)19-9-7-17(8-10-19)20(11-13-1-2-13)16(21)12-25(17)22/h3-6,13H,1-2,7-12H2. The molecular weight excluding hydrogens is 379 g/mol. The van der Waals surface area contributed by atoms with Crippen molar-refractivity contribution in [3.05, 3.63) is 30.1 Å². The molecule has 1 saturated carbocycles. The molecule has 1 amide bonds. The minimum Gasteiger partial charge on any atom is -0.324 e. The number of halogens is 1. The molecule has 0 bridgehead atoms. The Kier molecular flexibility index (Phi) is 4.44. The zero-order chi connectivity index (χ0) is 18.5. The summed E-state index contributed by atoms with van der Waals surface area (Å²) >= 11 is 0. The van der Waals surface area contributed by atoms with Gasteiger partial charge in [-0.25, -0.2) is 12.8 Å². The van der Waals surface area contributed by atoms with Gasteiger partial charge in [0.2, 0.25) is 15.9 Å². The molecule has 0 N–H and O–H groups in total. The molecule has 1 aromatic carbocycles. The molecule has 2 heterocycles. The van der Waals surface area contributed by atoms with E-state index in [0.29, 0.717) is 25.3 Å². The third kappa shape index (κ3) is 2.99. The van der Waals surface area contributed by atoms with E-state index in [9.17, 15) is 21.8 Å². The van der Waals surface area contributed by atoms with E-state index in [1.807, 2.05) is 0 Å². The molecule has 0 aromatic heterocycles. The van der Waals surface area contributed by atoms with Crippen molar-refractivity contribution in [3.63, 3.8) is 0 Å². The van der Waals surface area contributed by atoms with Crippen LogP contribution in [0.3, 0.4) is 0 Å². The second-order valence-corrected chi connectivity index (χ2v) is 10.9. The second kappa shape index (κ2) is 6.38. The van der Waals surface area contributed by atoms with Crippen LogP contribution in [0.15, 0.2) is 29.2 Å². The summed E-state index contributed by atoms with van der Waals surface area (Å²) in [6.07, 6.45) is 2.94. The average Bonchev–Trinajstić information content (AvgIpc) is 3.40. The summed E-state index contributed by atoms with van der Waals surface area (Å²) in [5.74, 6) is -0.0358. The van der Waals surface area contributed by atoms with Gasteiger partial charge in [-0.15, -0.1) is 0 Å². The summed E-state index contributed by atoms with van der Waals surface area (Å²) < 4.78 is 52.6. The fraction of sp³-hybridized carbons (Fsp3) is 0.588. The summed E-state index contributed by atoms with van der Waals surface area (Å²) in [6, 6.07) is 4.76. The molecule has 1 unspecified atom stereocenters. The van der Waals surface area contributed by atoms with Gasteiger partial charge < -0.3 is 4.90 Å². The highest BCUT2D eigenvalue weighted by atomic mass is 32.2. The van der Waals surface area contributed by atoms with Crippen LogP contribution >= 0.6 is 0 Å². The van der Waals surface area contributed by atoms with E-state index in [2.05, 4.69) is 0 Å². The van der Waals surface area contributed by atoms with Gasteiger partial charge >= 0.3 is 0 Å². The average molecular weight is 400 g/mol. The van der Waals surface area contributed by atoms with E-state index >= 15 is 0 Å². The summed E-state index contributed by atoms with van der Waals surface area (Å²) in [5, 5.41) is 0. The molecule has 142 valence electrons. The number of carbonyl (C=O) groups excluding carboxylic acids is 1. The van der Waals surface area contributed by atoms with Gasteiger partial charge in [0.05, 0.1) is 15.7 Å². The lowest BCUT2D eigenvalue weighted by atomic mass is 10.0. The number of rotatable bonds is 4. The molecule has 9 heteroatoms. The van der Waals surface area contributed by atoms with Crippen molar-refractivity contribution in [3.8, 4) is 0 Å². The van der Waals surface area contributed by atoms with Crippen molar-refractivity contribution < 1.29 is 21.8 Å². The predicted molar refractivity (Wildman–Crippen MR) is 94.6 cm³/mol. The molecule has 4 rings (SSSR count). The molecule has 3 fully saturated rings. The molecule has 1 aliphatic carbocycles. The zero-order valence-electron chi connectivity index (χ0n) is 14.3. The zero-order valence-corrected chi connectivity index (χ0v) is 15.9. The fourth-order valence-electron chi connectivity index (χ4n) is 3.83. The van der Waals surface area contributed by atoms with Gasteiger partial charge in [0.1, 0.15) is 16.4 Å². The first kappa shape index (κ1) is 18.1. The van der Waals surface area contributed by atoms with E-state index in [0.717, 1.165) is 25.0 Å². The Morgan fingerprint density at radius 1 is 1.15 bits per heavy atom. The van der Waals surface area contributed by atoms with Crippen LogP contribution in [0.4, 0.5) is 4.39 Å². The molecular formula is C17H21FN2O4S2. The lowest BCUT2D eigenvalue weighted by Gasteiger charge is -2.43. The lowest BCUT2D eigenvalue weighted by Crippen LogP contribution is -2.56. The summed E-state index contributed by atoms with van der Waals surface area (Å²) in [4.78, 5) is 13.4. The minimum atomic E-state index is -3.72. The summed E-state index contributed by atoms with van der Waals surface area (Å²) in [5.41, 5.74) is 0. The minimum absolute atomic E-state index is 0.0391. The molecule has 2 aliphatic heterocycles. The first-order valence-corrected chi connectivity index (χ1v) is 11.5. The Balaban J connectivity index is 1.53. The van der Waals surface area contributed by atoms with Crippen LogP contribution in [0.25, 0.3) is 0 Å². The third-order valence-electron chi connectivity index (χ3n) is 5.56. The predicted octanol–water partition coefficient (Wildman–Crippen LogP) is 1.31. The molecule has 2 saturated heterocycles. The van der Waals surface area contributed by atoms with Crippen LogP contribution < -0.4 is 0 Å². The Morgan fingerprint density at radius 2 is 1.77 bits per heavy atom. The van der Waals surface area contributed by atoms with Crippen molar-refractivity contribution in [1.29, 1.82) is 0 Å². The van der Waals surface area contributed by atoms with Crippen LogP contribution in [-0.4, -0.2) is 58.0 Å². The molecule has 0 radical (unpaired) electrons. The molecule has 3 aliphatic rings. The number of sulfonamides is 1. The Morgan fingerprint density at radius 3 is 2.35 bits per heavy atom. The highest BCUT2D eigenvalue weighted by Gasteiger charge is 2.54. The maximum Gasteiger partial charge on any atom is 0.243 e. The highest BCUT2D eigenvalue weighted by Crippen LogP contribution is 2.41. The van der Waals surface area contributed by atoms with Gasteiger partial charge in [0.15, 0.2) is 0 Å². The van der Waals surface area contributed by atoms with E-state index in [1.54, 1.807) is 4.90 Å². The van der Waals surface area contributed by atoms with Gasteiger partial charge in [0.25, 0.3) is 0 Å². The monoisotopic (exact) mass is 400 g/mol. The summed E-state index contributed by atoms with van der Waals surface area (Å²) in [7, 11) is -5.02. The van der Waals surface area contributed by atoms with Crippen LogP contribution in [0.2, 0.25) is 0 Å². The van der Waals surface area contributed by atoms with Crippen LogP contribution in [-0.2, 0) is 25.6 Å². The molecule has 1 atom stereocenters. The Labute approximate surface area is 154 Å². The van der Waals surface area contributed by atoms with Gasteiger partial charge in [-0.05, 0) is 55.9 Å². The van der Waals surface area contributed by atoms with Crippen molar-refractivity contribution in [2.24, 2.45) is 5.92 Å². The van der Waals surface area contributed by atoms with Crippen molar-refractivity contribution in [2.75, 3.05) is 25.4 Å². The van der Waals surface area contributed by atoms with Crippen LogP contribution in [0, 0.1) is 11.7 Å². The largest absolute Gasteiger partial charge is 0.324 e. The molecule has 26 heavy (non-hydrogen) atoms. The first-order valence-electron chi connectivity index (χ1n) is 8.78. The number of benzene rings is 1. The van der Waals surface area contributed by atoms with Crippen LogP contribution in [0.5, 0.6) is 0 Å². The molecule has 1 aromatic rings. The van der Waals surface area contributed by atoms with E-state index in [1.165, 1.54) is 16.4 Å². The Hall–Kier alpha value is -1.32. The van der Waals surface area contributed by atoms with Crippen LogP contribution in [0.1, 0.15) is 25.7 Å². The normalized spacial score (nSPS) is 26.6. The number of piperidine rings is 1. The fourth-order valence-corrected chi connectivity index (χ4v) is 6.98. The number of hydrogen-bond donors (Lipinski definition) is 0. The van der Waals surface area contributed by atoms with Gasteiger partial charge in [-0.3, -0.25) is 9.00 Å². The van der Waals surface area contributed by atoms with Gasteiger partial charge in [0, 0.05) is 19.6 Å². The highest BCUT2D eigenvalue weighted by molar-refractivity contribution is 7.89.